The van der Waals surface area contributed by atoms with Crippen LogP contribution in [0.15, 0.2) is 78.9 Å². The van der Waals surface area contributed by atoms with Gasteiger partial charge in [0.1, 0.15) is 0 Å². The molecule has 0 aliphatic heterocycles. The third-order valence-corrected chi connectivity index (χ3v) is 4.96. The van der Waals surface area contributed by atoms with Crippen LogP contribution in [0.5, 0.6) is 0 Å². The van der Waals surface area contributed by atoms with Crippen LogP contribution in [0.4, 0.5) is 11.4 Å². The van der Waals surface area contributed by atoms with E-state index in [-0.39, 0.29) is 0 Å². The number of nitrogens with one attached hydrogen (secondary N) is 1. The molecule has 0 unspecified atom stereocenters. The molecule has 4 aromatic carbocycles. The van der Waals surface area contributed by atoms with Gasteiger partial charge in [-0.05, 0) is 52.7 Å². The van der Waals surface area contributed by atoms with Crippen molar-refractivity contribution in [2.24, 2.45) is 0 Å². The summed E-state index contributed by atoms with van der Waals surface area (Å²) in [5.74, 6) is -0.912. The molecule has 1 N–H and O–H groups in total. The minimum Gasteiger partial charge on any atom is -0.355 e. The topological polar surface area (TPSA) is 46.2 Å². The van der Waals surface area contributed by atoms with Gasteiger partial charge in [0.25, 0.3) is 0 Å². The molecular formula is C24H15NO2. The lowest BCUT2D eigenvalue weighted by Gasteiger charge is -2.17. The number of anilines is 2. The Morgan fingerprint density at radius 3 is 2.30 bits per heavy atom. The van der Waals surface area contributed by atoms with Crippen molar-refractivity contribution < 1.29 is 9.59 Å². The highest BCUT2D eigenvalue weighted by atomic mass is 16.2. The molecule has 27 heavy (non-hydrogen) atoms. The Hall–Kier alpha value is -3.72. The first kappa shape index (κ1) is 15.5. The number of hydrogen-bond donors (Lipinski definition) is 1. The van der Waals surface area contributed by atoms with Gasteiger partial charge in [-0.3, -0.25) is 9.59 Å². The molecule has 0 fully saturated rings. The van der Waals surface area contributed by atoms with Crippen LogP contribution >= 0.6 is 0 Å². The Labute approximate surface area is 155 Å². The van der Waals surface area contributed by atoms with Gasteiger partial charge in [0.05, 0.1) is 5.69 Å². The minimum atomic E-state index is -0.467. The third kappa shape index (κ3) is 2.52. The standard InChI is InChI=1S/C24H15NO2/c26-22-11-10-16-13-20-17(14-21(16)24(22)27)12-15-6-4-5-9-19(15)23(20)25-18-7-2-1-3-8-18/h1-14,25H. The third-order valence-electron chi connectivity index (χ3n) is 4.96. The lowest BCUT2D eigenvalue weighted by atomic mass is 9.90. The van der Waals surface area contributed by atoms with E-state index in [9.17, 15) is 9.59 Å². The summed E-state index contributed by atoms with van der Waals surface area (Å²) in [7, 11) is 0. The Kier molecular flexibility index (Phi) is 3.41. The minimum absolute atomic E-state index is 0.444. The van der Waals surface area contributed by atoms with Gasteiger partial charge >= 0.3 is 0 Å². The predicted molar refractivity (Wildman–Crippen MR) is 110 cm³/mol. The molecule has 0 spiro atoms. The highest BCUT2D eigenvalue weighted by molar-refractivity contribution is 6.50. The van der Waals surface area contributed by atoms with Crippen molar-refractivity contribution in [1.29, 1.82) is 0 Å². The van der Waals surface area contributed by atoms with Gasteiger partial charge in [0.2, 0.25) is 11.6 Å². The second-order valence-corrected chi connectivity index (χ2v) is 6.65. The maximum atomic E-state index is 12.3. The van der Waals surface area contributed by atoms with Crippen LogP contribution < -0.4 is 5.32 Å². The molecule has 5 rings (SSSR count). The van der Waals surface area contributed by atoms with Gasteiger partial charge in [-0.1, -0.05) is 48.5 Å². The molecule has 1 aliphatic rings. The number of Topliss-reactive ketones (excluding diaryl/α,β-unsaturated/α-hetero) is 1. The van der Waals surface area contributed by atoms with Crippen LogP contribution in [-0.4, -0.2) is 11.6 Å². The SMILES string of the molecule is O=C1C=Cc2cc3c(Nc4ccccc4)c4ccccc4cc3cc2C1=O. The van der Waals surface area contributed by atoms with Gasteiger partial charge in [0, 0.05) is 22.0 Å². The Balaban J connectivity index is 1.83. The number of allylic oxidation sites excluding steroid dienone is 1. The van der Waals surface area contributed by atoms with Crippen LogP contribution in [0.2, 0.25) is 0 Å². The largest absolute Gasteiger partial charge is 0.355 e. The summed E-state index contributed by atoms with van der Waals surface area (Å²) >= 11 is 0. The summed E-state index contributed by atoms with van der Waals surface area (Å²) in [6.07, 6.45) is 3.07. The van der Waals surface area contributed by atoms with E-state index in [1.54, 1.807) is 6.08 Å². The number of carbonyl (C=O) groups is 2. The number of carbonyl (C=O) groups excluding carboxylic acids is 2. The average Bonchev–Trinajstić information content (AvgIpc) is 2.71. The van der Waals surface area contributed by atoms with Crippen molar-refractivity contribution in [2.45, 2.75) is 0 Å². The highest BCUT2D eigenvalue weighted by Crippen LogP contribution is 2.37. The Morgan fingerprint density at radius 2 is 1.44 bits per heavy atom. The number of ketones is 2. The zero-order valence-electron chi connectivity index (χ0n) is 14.4. The van der Waals surface area contributed by atoms with Crippen molar-refractivity contribution in [3.05, 3.63) is 90.0 Å². The van der Waals surface area contributed by atoms with Crippen molar-refractivity contribution >= 4 is 50.6 Å². The highest BCUT2D eigenvalue weighted by Gasteiger charge is 2.22. The van der Waals surface area contributed by atoms with Crippen LogP contribution in [0.3, 0.4) is 0 Å². The van der Waals surface area contributed by atoms with E-state index in [4.69, 9.17) is 0 Å². The van der Waals surface area contributed by atoms with Gasteiger partial charge in [-0.2, -0.15) is 0 Å². The van der Waals surface area contributed by atoms with Gasteiger partial charge in [-0.15, -0.1) is 0 Å². The quantitative estimate of drug-likeness (QED) is 0.383. The summed E-state index contributed by atoms with van der Waals surface area (Å²) in [6.45, 7) is 0. The van der Waals surface area contributed by atoms with E-state index >= 15 is 0 Å². The molecule has 4 aromatic rings. The van der Waals surface area contributed by atoms with Crippen molar-refractivity contribution in [2.75, 3.05) is 5.32 Å². The van der Waals surface area contributed by atoms with Gasteiger partial charge in [-0.25, -0.2) is 0 Å². The molecule has 3 heteroatoms. The van der Waals surface area contributed by atoms with E-state index in [1.807, 2.05) is 54.6 Å². The average molecular weight is 349 g/mol. The fourth-order valence-corrected chi connectivity index (χ4v) is 3.64. The molecule has 3 nitrogen and oxygen atoms in total. The molecule has 0 saturated carbocycles. The van der Waals surface area contributed by atoms with Crippen LogP contribution in [-0.2, 0) is 4.79 Å². The summed E-state index contributed by atoms with van der Waals surface area (Å²) in [5.41, 5.74) is 3.24. The van der Waals surface area contributed by atoms with E-state index in [0.29, 0.717) is 5.56 Å². The number of rotatable bonds is 2. The lowest BCUT2D eigenvalue weighted by molar-refractivity contribution is -0.110. The number of hydrogen-bond acceptors (Lipinski definition) is 3. The van der Waals surface area contributed by atoms with E-state index in [2.05, 4.69) is 23.5 Å². The fraction of sp³-hybridized carbons (Fsp3) is 0. The first-order chi connectivity index (χ1) is 13.2. The summed E-state index contributed by atoms with van der Waals surface area (Å²) in [5, 5.41) is 7.67. The monoisotopic (exact) mass is 349 g/mol. The molecule has 0 heterocycles. The second kappa shape index (κ2) is 5.92. The van der Waals surface area contributed by atoms with Crippen LogP contribution in [0.25, 0.3) is 27.6 Å². The smallest absolute Gasteiger partial charge is 0.233 e. The first-order valence-electron chi connectivity index (χ1n) is 8.79. The molecule has 0 radical (unpaired) electrons. The molecule has 0 aromatic heterocycles. The van der Waals surface area contributed by atoms with E-state index in [0.717, 1.165) is 38.5 Å². The summed E-state index contributed by atoms with van der Waals surface area (Å²) < 4.78 is 0. The molecule has 1 aliphatic carbocycles. The maximum Gasteiger partial charge on any atom is 0.233 e. The van der Waals surface area contributed by atoms with Crippen molar-refractivity contribution in [1.82, 2.24) is 0 Å². The summed E-state index contributed by atoms with van der Waals surface area (Å²) in [6, 6.07) is 24.0. The van der Waals surface area contributed by atoms with Crippen LogP contribution in [0, 0.1) is 0 Å². The van der Waals surface area contributed by atoms with E-state index in [1.165, 1.54) is 6.08 Å². The molecule has 0 atom stereocenters. The molecule has 0 saturated heterocycles. The van der Waals surface area contributed by atoms with Crippen molar-refractivity contribution in [3.63, 3.8) is 0 Å². The number of benzene rings is 4. The van der Waals surface area contributed by atoms with Crippen LogP contribution in [0.1, 0.15) is 15.9 Å². The lowest BCUT2D eigenvalue weighted by Crippen LogP contribution is -2.16. The second-order valence-electron chi connectivity index (χ2n) is 6.65. The molecule has 0 bridgehead atoms. The van der Waals surface area contributed by atoms with E-state index < -0.39 is 11.6 Å². The van der Waals surface area contributed by atoms with Gasteiger partial charge < -0.3 is 5.32 Å². The Morgan fingerprint density at radius 1 is 0.667 bits per heavy atom. The van der Waals surface area contributed by atoms with Crippen molar-refractivity contribution in [3.8, 4) is 0 Å². The molecular weight excluding hydrogens is 334 g/mol. The Bertz CT molecular complexity index is 1270. The normalized spacial score (nSPS) is 13.2. The number of fused-ring (bicyclic) bond motifs is 3. The number of para-hydroxylation sites is 1. The summed E-state index contributed by atoms with van der Waals surface area (Å²) in [4.78, 5) is 24.0. The molecule has 0 amide bonds. The predicted octanol–water partition coefficient (Wildman–Crippen LogP) is 5.52. The zero-order chi connectivity index (χ0) is 18.4. The first-order valence-corrected chi connectivity index (χ1v) is 8.79. The maximum absolute atomic E-state index is 12.3. The van der Waals surface area contributed by atoms with Gasteiger partial charge in [0.15, 0.2) is 0 Å². The fourth-order valence-electron chi connectivity index (χ4n) is 3.64. The zero-order valence-corrected chi connectivity index (χ0v) is 14.4. The molecule has 128 valence electrons.